The van der Waals surface area contributed by atoms with Crippen LogP contribution in [0.1, 0.15) is 19.3 Å². The van der Waals surface area contributed by atoms with E-state index in [-0.39, 0.29) is 0 Å². The summed E-state index contributed by atoms with van der Waals surface area (Å²) in [6.07, 6.45) is 3.70. The lowest BCUT2D eigenvalue weighted by Gasteiger charge is -2.29. The normalized spacial score (nSPS) is 14.6. The van der Waals surface area contributed by atoms with E-state index in [0.717, 1.165) is 18.8 Å². The second-order valence-electron chi connectivity index (χ2n) is 4.42. The van der Waals surface area contributed by atoms with Crippen molar-refractivity contribution in [1.82, 2.24) is 15.8 Å². The highest BCUT2D eigenvalue weighted by molar-refractivity contribution is 7.80. The van der Waals surface area contributed by atoms with E-state index in [1.165, 1.54) is 19.3 Å². The monoisotopic (exact) mass is 294 g/mol. The topological polar surface area (TPSA) is 39.3 Å². The molecule has 0 atom stereocenters. The Hall–Kier alpha value is -1.40. The molecule has 1 aromatic rings. The molecule has 1 aliphatic heterocycles. The number of hydrazine groups is 1. The number of rotatable bonds is 1. The minimum absolute atomic E-state index is 0.505. The predicted octanol–water partition coefficient (Wildman–Crippen LogP) is 2.25. The Morgan fingerprint density at radius 3 is 2.32 bits per heavy atom. The fraction of sp³-hybridized carbons (Fsp3) is 0.385. The molecule has 0 radical (unpaired) electrons. The summed E-state index contributed by atoms with van der Waals surface area (Å²) in [7, 11) is 0. The molecule has 6 heteroatoms. The van der Waals surface area contributed by atoms with Crippen LogP contribution in [0.5, 0.6) is 0 Å². The Bertz CT molecular complexity index is 430. The van der Waals surface area contributed by atoms with Crippen molar-refractivity contribution in [3.63, 3.8) is 0 Å². The van der Waals surface area contributed by atoms with E-state index < -0.39 is 0 Å². The van der Waals surface area contributed by atoms with Crippen LogP contribution in [0.2, 0.25) is 0 Å². The summed E-state index contributed by atoms with van der Waals surface area (Å²) < 4.78 is 0. The van der Waals surface area contributed by atoms with Crippen LogP contribution in [-0.4, -0.2) is 28.2 Å². The van der Waals surface area contributed by atoms with Gasteiger partial charge in [0.05, 0.1) is 0 Å². The number of hydrogen-bond acceptors (Lipinski definition) is 2. The van der Waals surface area contributed by atoms with Crippen molar-refractivity contribution in [2.75, 3.05) is 18.4 Å². The van der Waals surface area contributed by atoms with E-state index in [0.29, 0.717) is 10.2 Å². The molecule has 0 aromatic heterocycles. The molecule has 1 fully saturated rings. The van der Waals surface area contributed by atoms with Gasteiger partial charge in [-0.1, -0.05) is 18.2 Å². The molecule has 2 rings (SSSR count). The minimum atomic E-state index is 0.505. The van der Waals surface area contributed by atoms with E-state index >= 15 is 0 Å². The van der Waals surface area contributed by atoms with Gasteiger partial charge in [-0.2, -0.15) is 0 Å². The van der Waals surface area contributed by atoms with E-state index in [2.05, 4.69) is 21.1 Å². The molecule has 3 N–H and O–H groups in total. The molecule has 0 saturated carbocycles. The van der Waals surface area contributed by atoms with Crippen LogP contribution in [-0.2, 0) is 0 Å². The summed E-state index contributed by atoms with van der Waals surface area (Å²) in [5.74, 6) is 0. The summed E-state index contributed by atoms with van der Waals surface area (Å²) in [5, 5.41) is 4.29. The second kappa shape index (κ2) is 7.25. The molecule has 0 unspecified atom stereocenters. The number of anilines is 1. The zero-order valence-corrected chi connectivity index (χ0v) is 12.3. The van der Waals surface area contributed by atoms with Gasteiger partial charge in [-0.05, 0) is 55.8 Å². The van der Waals surface area contributed by atoms with Gasteiger partial charge in [0.2, 0.25) is 0 Å². The first kappa shape index (κ1) is 14.0. The highest BCUT2D eigenvalue weighted by Crippen LogP contribution is 2.08. The van der Waals surface area contributed by atoms with Crippen molar-refractivity contribution < 1.29 is 0 Å². The number of thiocarbonyl (C=S) groups is 2. The van der Waals surface area contributed by atoms with Crippen LogP contribution in [0.25, 0.3) is 0 Å². The summed E-state index contributed by atoms with van der Waals surface area (Å²) in [6.45, 7) is 2.04. The maximum absolute atomic E-state index is 5.32. The minimum Gasteiger partial charge on any atom is -0.348 e. The Morgan fingerprint density at radius 1 is 0.947 bits per heavy atom. The molecule has 0 spiro atoms. The summed E-state index contributed by atoms with van der Waals surface area (Å²) in [4.78, 5) is 2.16. The lowest BCUT2D eigenvalue weighted by Crippen LogP contribution is -2.51. The third-order valence-corrected chi connectivity index (χ3v) is 3.52. The van der Waals surface area contributed by atoms with Crippen molar-refractivity contribution in [2.45, 2.75) is 19.3 Å². The Balaban J connectivity index is 1.72. The second-order valence-corrected chi connectivity index (χ2v) is 5.22. The molecule has 0 aliphatic carbocycles. The van der Waals surface area contributed by atoms with Gasteiger partial charge in [-0.15, -0.1) is 0 Å². The lowest BCUT2D eigenvalue weighted by atomic mass is 10.1. The average Bonchev–Trinajstić information content (AvgIpc) is 2.47. The summed E-state index contributed by atoms with van der Waals surface area (Å²) >= 11 is 10.5. The molecule has 0 amide bonds. The zero-order valence-electron chi connectivity index (χ0n) is 10.7. The average molecular weight is 294 g/mol. The Kier molecular flexibility index (Phi) is 5.35. The van der Waals surface area contributed by atoms with E-state index in [9.17, 15) is 0 Å². The largest absolute Gasteiger partial charge is 0.348 e. The van der Waals surface area contributed by atoms with Gasteiger partial charge in [0.1, 0.15) is 0 Å². The van der Waals surface area contributed by atoms with Crippen LogP contribution in [0.15, 0.2) is 30.3 Å². The third kappa shape index (κ3) is 4.65. The van der Waals surface area contributed by atoms with Crippen LogP contribution >= 0.6 is 24.4 Å². The summed E-state index contributed by atoms with van der Waals surface area (Å²) in [6, 6.07) is 9.78. The molecule has 0 bridgehead atoms. The van der Waals surface area contributed by atoms with Gasteiger partial charge in [-0.25, -0.2) is 0 Å². The Labute approximate surface area is 124 Å². The van der Waals surface area contributed by atoms with Crippen LogP contribution in [0, 0.1) is 0 Å². The SMILES string of the molecule is S=C(NNC(=S)N1CCCCC1)Nc1ccccc1. The van der Waals surface area contributed by atoms with E-state index in [1.54, 1.807) is 0 Å². The molecule has 1 saturated heterocycles. The number of para-hydroxylation sites is 1. The number of nitrogens with zero attached hydrogens (tertiary/aromatic N) is 1. The van der Waals surface area contributed by atoms with Gasteiger partial charge in [0.25, 0.3) is 0 Å². The van der Waals surface area contributed by atoms with Crippen LogP contribution in [0.4, 0.5) is 5.69 Å². The smallest absolute Gasteiger partial charge is 0.189 e. The fourth-order valence-electron chi connectivity index (χ4n) is 1.97. The molecule has 1 heterocycles. The van der Waals surface area contributed by atoms with Gasteiger partial charge in [0.15, 0.2) is 10.2 Å². The van der Waals surface area contributed by atoms with Crippen molar-refractivity contribution in [2.24, 2.45) is 0 Å². The van der Waals surface area contributed by atoms with Gasteiger partial charge in [0, 0.05) is 18.8 Å². The summed E-state index contributed by atoms with van der Waals surface area (Å²) in [5.41, 5.74) is 6.84. The van der Waals surface area contributed by atoms with Crippen molar-refractivity contribution >= 4 is 40.3 Å². The molecule has 102 valence electrons. The van der Waals surface area contributed by atoms with Crippen molar-refractivity contribution in [1.29, 1.82) is 0 Å². The standard InChI is InChI=1S/C13H18N4S2/c18-12(14-11-7-3-1-4-8-11)15-16-13(19)17-9-5-2-6-10-17/h1,3-4,7-8H,2,5-6,9-10H2,(H,16,19)(H2,14,15,18). The highest BCUT2D eigenvalue weighted by Gasteiger charge is 2.12. The van der Waals surface area contributed by atoms with Gasteiger partial charge >= 0.3 is 0 Å². The number of likely N-dealkylation sites (tertiary alicyclic amines) is 1. The zero-order chi connectivity index (χ0) is 13.5. The number of benzene rings is 1. The number of piperidine rings is 1. The van der Waals surface area contributed by atoms with Crippen molar-refractivity contribution in [3.05, 3.63) is 30.3 Å². The maximum atomic E-state index is 5.32. The van der Waals surface area contributed by atoms with Crippen molar-refractivity contribution in [3.8, 4) is 0 Å². The fourth-order valence-corrected chi connectivity index (χ4v) is 2.37. The first-order valence-corrected chi connectivity index (χ1v) is 7.24. The van der Waals surface area contributed by atoms with Crippen LogP contribution in [0.3, 0.4) is 0 Å². The first-order chi connectivity index (χ1) is 9.25. The number of nitrogens with one attached hydrogen (secondary N) is 3. The lowest BCUT2D eigenvalue weighted by molar-refractivity contribution is 0.336. The van der Waals surface area contributed by atoms with Crippen LogP contribution < -0.4 is 16.2 Å². The molecule has 19 heavy (non-hydrogen) atoms. The van der Waals surface area contributed by atoms with Gasteiger partial charge < -0.3 is 10.2 Å². The highest BCUT2D eigenvalue weighted by atomic mass is 32.1. The molecule has 4 nitrogen and oxygen atoms in total. The quantitative estimate of drug-likeness (QED) is 0.545. The Morgan fingerprint density at radius 2 is 1.63 bits per heavy atom. The van der Waals surface area contributed by atoms with E-state index in [4.69, 9.17) is 24.4 Å². The molecule has 1 aliphatic rings. The maximum Gasteiger partial charge on any atom is 0.189 e. The molecule has 1 aromatic carbocycles. The van der Waals surface area contributed by atoms with Gasteiger partial charge in [-0.3, -0.25) is 10.9 Å². The third-order valence-electron chi connectivity index (χ3n) is 2.96. The molecular formula is C13H18N4S2. The predicted molar refractivity (Wildman–Crippen MR) is 87.0 cm³/mol. The van der Waals surface area contributed by atoms with E-state index in [1.807, 2.05) is 30.3 Å². The first-order valence-electron chi connectivity index (χ1n) is 6.42. The molecular weight excluding hydrogens is 276 g/mol. The number of hydrogen-bond donors (Lipinski definition) is 3.